The van der Waals surface area contributed by atoms with Gasteiger partial charge in [0.25, 0.3) is 0 Å². The number of nitrogens with two attached hydrogens (primary N) is 1. The Morgan fingerprint density at radius 2 is 2.00 bits per heavy atom. The molecule has 0 bridgehead atoms. The van der Waals surface area contributed by atoms with Crippen molar-refractivity contribution in [1.29, 1.82) is 0 Å². The topological polar surface area (TPSA) is 72.2 Å². The molecule has 0 aromatic heterocycles. The Labute approximate surface area is 86.3 Å². The van der Waals surface area contributed by atoms with Crippen molar-refractivity contribution in [3.05, 3.63) is 0 Å². The third-order valence-electron chi connectivity index (χ3n) is 2.55. The smallest absolute Gasteiger partial charge is 0.211 e. The van der Waals surface area contributed by atoms with Crippen molar-refractivity contribution in [3.63, 3.8) is 0 Å². The molecular formula is C9H20N2O2S. The first-order valence-corrected chi connectivity index (χ1v) is 6.74. The van der Waals surface area contributed by atoms with E-state index >= 15 is 0 Å². The summed E-state index contributed by atoms with van der Waals surface area (Å²) in [6, 6.07) is 0. The summed E-state index contributed by atoms with van der Waals surface area (Å²) in [5.41, 5.74) is 5.64. The average Bonchev–Trinajstić information content (AvgIpc) is 1.95. The summed E-state index contributed by atoms with van der Waals surface area (Å²) < 4.78 is 25.5. The molecule has 0 saturated heterocycles. The summed E-state index contributed by atoms with van der Waals surface area (Å²) in [4.78, 5) is 0. The summed E-state index contributed by atoms with van der Waals surface area (Å²) in [6.45, 7) is 4.17. The number of sulfonamides is 1. The molecule has 14 heavy (non-hydrogen) atoms. The largest absolute Gasteiger partial charge is 0.324 e. The Balaban J connectivity index is 2.36. The zero-order chi connectivity index (χ0) is 10.8. The normalized spacial score (nSPS) is 20.9. The summed E-state index contributed by atoms with van der Waals surface area (Å²) in [5, 5.41) is 0. The first kappa shape index (κ1) is 11.9. The van der Waals surface area contributed by atoms with Crippen LogP contribution in [0.3, 0.4) is 0 Å². The lowest BCUT2D eigenvalue weighted by atomic mass is 9.78. The highest BCUT2D eigenvalue weighted by Crippen LogP contribution is 2.28. The van der Waals surface area contributed by atoms with Crippen LogP contribution in [0.4, 0.5) is 0 Å². The maximum absolute atomic E-state index is 11.5. The second kappa shape index (κ2) is 4.16. The lowest BCUT2D eigenvalue weighted by molar-refractivity contribution is 0.251. The molecule has 0 aromatic carbocycles. The van der Waals surface area contributed by atoms with Crippen molar-refractivity contribution < 1.29 is 8.42 Å². The van der Waals surface area contributed by atoms with Crippen LogP contribution in [0.2, 0.25) is 0 Å². The van der Waals surface area contributed by atoms with E-state index in [1.54, 1.807) is 0 Å². The van der Waals surface area contributed by atoms with Gasteiger partial charge in [0.05, 0.1) is 5.75 Å². The quantitative estimate of drug-likeness (QED) is 0.706. The fourth-order valence-electron chi connectivity index (χ4n) is 1.56. The van der Waals surface area contributed by atoms with E-state index in [0.29, 0.717) is 6.54 Å². The van der Waals surface area contributed by atoms with Gasteiger partial charge in [-0.3, -0.25) is 0 Å². The lowest BCUT2D eigenvalue weighted by Crippen LogP contribution is -2.55. The molecule has 5 heteroatoms. The van der Waals surface area contributed by atoms with Crippen molar-refractivity contribution in [1.82, 2.24) is 4.72 Å². The predicted molar refractivity (Wildman–Crippen MR) is 57.4 cm³/mol. The van der Waals surface area contributed by atoms with E-state index in [-0.39, 0.29) is 17.2 Å². The van der Waals surface area contributed by atoms with E-state index in [9.17, 15) is 8.42 Å². The lowest BCUT2D eigenvalue weighted by Gasteiger charge is -2.38. The maximum Gasteiger partial charge on any atom is 0.211 e. The average molecular weight is 220 g/mol. The Morgan fingerprint density at radius 3 is 2.36 bits per heavy atom. The van der Waals surface area contributed by atoms with Crippen LogP contribution in [0.25, 0.3) is 0 Å². The first-order valence-electron chi connectivity index (χ1n) is 5.09. The van der Waals surface area contributed by atoms with Gasteiger partial charge in [0.1, 0.15) is 0 Å². The molecule has 0 aliphatic heterocycles. The predicted octanol–water partition coefficient (Wildman–Crippen LogP) is 0.443. The highest BCUT2D eigenvalue weighted by Gasteiger charge is 2.33. The summed E-state index contributed by atoms with van der Waals surface area (Å²) in [6.07, 6.45) is 2.97. The molecule has 1 aliphatic rings. The van der Waals surface area contributed by atoms with E-state index in [0.717, 1.165) is 19.3 Å². The Kier molecular flexibility index (Phi) is 3.55. The fourth-order valence-corrected chi connectivity index (χ4v) is 3.06. The molecule has 0 unspecified atom stereocenters. The van der Waals surface area contributed by atoms with Crippen molar-refractivity contribution in [2.24, 2.45) is 11.7 Å². The summed E-state index contributed by atoms with van der Waals surface area (Å²) in [7, 11) is -3.12. The van der Waals surface area contributed by atoms with Gasteiger partial charge in [0, 0.05) is 12.1 Å². The minimum absolute atomic E-state index is 0.155. The minimum Gasteiger partial charge on any atom is -0.324 e. The number of hydrogen-bond donors (Lipinski definition) is 2. The molecule has 0 amide bonds. The monoisotopic (exact) mass is 220 g/mol. The third-order valence-corrected chi connectivity index (χ3v) is 4.24. The molecule has 0 atom stereocenters. The van der Waals surface area contributed by atoms with Gasteiger partial charge in [-0.15, -0.1) is 0 Å². The number of nitrogens with one attached hydrogen (secondary N) is 1. The maximum atomic E-state index is 11.5. The van der Waals surface area contributed by atoms with Crippen molar-refractivity contribution in [2.75, 3.05) is 12.3 Å². The molecule has 4 nitrogen and oxygen atoms in total. The summed E-state index contributed by atoms with van der Waals surface area (Å²) in [5.74, 6) is 0.339. The van der Waals surface area contributed by atoms with Crippen LogP contribution in [0.5, 0.6) is 0 Å². The van der Waals surface area contributed by atoms with E-state index < -0.39 is 10.0 Å². The molecule has 84 valence electrons. The van der Waals surface area contributed by atoms with E-state index in [1.807, 2.05) is 13.8 Å². The zero-order valence-corrected chi connectivity index (χ0v) is 9.73. The molecular weight excluding hydrogens is 200 g/mol. The third kappa shape index (κ3) is 3.55. The molecule has 0 spiro atoms. The van der Waals surface area contributed by atoms with E-state index in [4.69, 9.17) is 5.73 Å². The van der Waals surface area contributed by atoms with Crippen LogP contribution >= 0.6 is 0 Å². The minimum atomic E-state index is -3.12. The Morgan fingerprint density at radius 1 is 1.43 bits per heavy atom. The molecule has 1 fully saturated rings. The molecule has 3 N–H and O–H groups in total. The fraction of sp³-hybridized carbons (Fsp3) is 1.00. The number of hydrogen-bond acceptors (Lipinski definition) is 3. The van der Waals surface area contributed by atoms with Crippen LogP contribution < -0.4 is 10.5 Å². The van der Waals surface area contributed by atoms with Gasteiger partial charge in [-0.05, 0) is 25.2 Å². The first-order chi connectivity index (χ1) is 6.33. The Hall–Kier alpha value is -0.130. The molecule has 1 aliphatic carbocycles. The van der Waals surface area contributed by atoms with Crippen molar-refractivity contribution in [2.45, 2.75) is 38.6 Å². The van der Waals surface area contributed by atoms with Gasteiger partial charge in [0.2, 0.25) is 10.0 Å². The van der Waals surface area contributed by atoms with Crippen molar-refractivity contribution in [3.8, 4) is 0 Å². The highest BCUT2D eigenvalue weighted by molar-refractivity contribution is 7.89. The molecule has 0 aromatic rings. The number of rotatable bonds is 5. The molecule has 1 rings (SSSR count). The van der Waals surface area contributed by atoms with Crippen LogP contribution in [-0.4, -0.2) is 26.3 Å². The highest BCUT2D eigenvalue weighted by atomic mass is 32.2. The van der Waals surface area contributed by atoms with Crippen LogP contribution in [-0.2, 0) is 10.0 Å². The molecule has 0 radical (unpaired) electrons. The van der Waals surface area contributed by atoms with Crippen LogP contribution in [0.15, 0.2) is 0 Å². The molecule has 1 saturated carbocycles. The standard InChI is InChI=1S/C9H20N2O2S/c1-8(2)6-14(12,13)11-7-9(10)4-3-5-9/h8,11H,3-7,10H2,1-2H3. The van der Waals surface area contributed by atoms with Crippen molar-refractivity contribution >= 4 is 10.0 Å². The van der Waals surface area contributed by atoms with Gasteiger partial charge in [-0.1, -0.05) is 13.8 Å². The summed E-state index contributed by atoms with van der Waals surface area (Å²) >= 11 is 0. The zero-order valence-electron chi connectivity index (χ0n) is 8.91. The van der Waals surface area contributed by atoms with E-state index in [1.165, 1.54) is 0 Å². The Bertz CT molecular complexity index is 281. The van der Waals surface area contributed by atoms with Gasteiger partial charge >= 0.3 is 0 Å². The second-order valence-corrected chi connectivity index (χ2v) is 6.56. The molecule has 0 heterocycles. The van der Waals surface area contributed by atoms with Crippen LogP contribution in [0.1, 0.15) is 33.1 Å². The van der Waals surface area contributed by atoms with Gasteiger partial charge < -0.3 is 5.73 Å². The van der Waals surface area contributed by atoms with Gasteiger partial charge in [-0.2, -0.15) is 0 Å². The van der Waals surface area contributed by atoms with Gasteiger partial charge in [0.15, 0.2) is 0 Å². The SMILES string of the molecule is CC(C)CS(=O)(=O)NCC1(N)CCC1. The second-order valence-electron chi connectivity index (χ2n) is 4.71. The van der Waals surface area contributed by atoms with E-state index in [2.05, 4.69) is 4.72 Å². The van der Waals surface area contributed by atoms with Crippen LogP contribution in [0, 0.1) is 5.92 Å². The van der Waals surface area contributed by atoms with Gasteiger partial charge in [-0.25, -0.2) is 13.1 Å².